The zero-order valence-corrected chi connectivity index (χ0v) is 12.4. The van der Waals surface area contributed by atoms with Crippen LogP contribution in [-0.4, -0.2) is 49.7 Å². The molecule has 2 atom stereocenters. The number of nitrogens with one attached hydrogen (secondary N) is 1. The maximum atomic E-state index is 13.0. The zero-order valence-electron chi connectivity index (χ0n) is 12.4. The molecular weight excluding hydrogens is 240 g/mol. The molecule has 4 heteroatoms. The number of nitrogens with zero attached hydrogens (tertiary/aromatic N) is 1. The highest BCUT2D eigenvalue weighted by Crippen LogP contribution is 2.34. The molecule has 2 saturated heterocycles. The number of piperidine rings is 1. The fourth-order valence-electron chi connectivity index (χ4n) is 3.46. The van der Waals surface area contributed by atoms with Crippen molar-refractivity contribution >= 4 is 5.91 Å². The quantitative estimate of drug-likeness (QED) is 0.848. The number of amides is 1. The third-order valence-electron chi connectivity index (χ3n) is 4.39. The normalized spacial score (nSPS) is 32.9. The summed E-state index contributed by atoms with van der Waals surface area (Å²) in [6, 6.07) is 0. The van der Waals surface area contributed by atoms with Crippen molar-refractivity contribution in [2.45, 2.75) is 52.1 Å². The molecule has 0 bridgehead atoms. The fourth-order valence-corrected chi connectivity index (χ4v) is 3.46. The molecular formula is C15H28N2O2. The van der Waals surface area contributed by atoms with Crippen LogP contribution in [0.2, 0.25) is 0 Å². The van der Waals surface area contributed by atoms with E-state index >= 15 is 0 Å². The second-order valence-electron chi connectivity index (χ2n) is 6.10. The molecule has 0 aromatic carbocycles. The van der Waals surface area contributed by atoms with Gasteiger partial charge in [-0.05, 0) is 39.2 Å². The Balaban J connectivity index is 2.09. The van der Waals surface area contributed by atoms with Gasteiger partial charge in [-0.3, -0.25) is 4.79 Å². The van der Waals surface area contributed by atoms with E-state index in [1.807, 2.05) is 0 Å². The minimum absolute atomic E-state index is 0.156. The Morgan fingerprint density at radius 2 is 2.32 bits per heavy atom. The van der Waals surface area contributed by atoms with Crippen LogP contribution in [0.4, 0.5) is 0 Å². The van der Waals surface area contributed by atoms with Gasteiger partial charge in [0.25, 0.3) is 0 Å². The molecule has 2 fully saturated rings. The van der Waals surface area contributed by atoms with Crippen molar-refractivity contribution in [1.82, 2.24) is 10.2 Å². The van der Waals surface area contributed by atoms with Crippen LogP contribution in [0.25, 0.3) is 0 Å². The SMILES string of the molecule is CCCC1(C(=O)N2CCCOC(C)C2)CCCNC1. The van der Waals surface area contributed by atoms with E-state index in [9.17, 15) is 4.79 Å². The molecule has 2 aliphatic heterocycles. The Hall–Kier alpha value is -0.610. The van der Waals surface area contributed by atoms with Crippen LogP contribution in [0.15, 0.2) is 0 Å². The molecule has 0 aromatic heterocycles. The first kappa shape index (κ1) is 14.8. The van der Waals surface area contributed by atoms with Crippen molar-refractivity contribution in [3.63, 3.8) is 0 Å². The van der Waals surface area contributed by atoms with Gasteiger partial charge in [0, 0.05) is 26.2 Å². The lowest BCUT2D eigenvalue weighted by atomic mass is 9.75. The van der Waals surface area contributed by atoms with Gasteiger partial charge in [0.15, 0.2) is 0 Å². The highest BCUT2D eigenvalue weighted by atomic mass is 16.5. The first-order valence-electron chi connectivity index (χ1n) is 7.80. The minimum Gasteiger partial charge on any atom is -0.377 e. The van der Waals surface area contributed by atoms with Gasteiger partial charge in [-0.1, -0.05) is 13.3 Å². The van der Waals surface area contributed by atoms with E-state index in [0.717, 1.165) is 64.9 Å². The Morgan fingerprint density at radius 3 is 3.00 bits per heavy atom. The van der Waals surface area contributed by atoms with E-state index in [1.54, 1.807) is 0 Å². The summed E-state index contributed by atoms with van der Waals surface area (Å²) >= 11 is 0. The second kappa shape index (κ2) is 6.71. The predicted molar refractivity (Wildman–Crippen MR) is 76.1 cm³/mol. The largest absolute Gasteiger partial charge is 0.377 e. The highest BCUT2D eigenvalue weighted by Gasteiger charge is 2.41. The van der Waals surface area contributed by atoms with Crippen molar-refractivity contribution in [2.24, 2.45) is 5.41 Å². The number of carbonyl (C=O) groups is 1. The summed E-state index contributed by atoms with van der Waals surface area (Å²) in [6.07, 6.45) is 5.37. The van der Waals surface area contributed by atoms with Crippen LogP contribution in [0.1, 0.15) is 46.0 Å². The van der Waals surface area contributed by atoms with Crippen LogP contribution in [0.5, 0.6) is 0 Å². The molecule has 2 aliphatic rings. The van der Waals surface area contributed by atoms with Crippen LogP contribution < -0.4 is 5.32 Å². The molecule has 0 radical (unpaired) electrons. The van der Waals surface area contributed by atoms with E-state index in [0.29, 0.717) is 5.91 Å². The lowest BCUT2D eigenvalue weighted by Gasteiger charge is -2.40. The molecule has 2 heterocycles. The number of carbonyl (C=O) groups excluding carboxylic acids is 1. The standard InChI is InChI=1S/C15H28N2O2/c1-3-6-15(7-4-8-16-12-15)14(18)17-9-5-10-19-13(2)11-17/h13,16H,3-12H2,1-2H3. The summed E-state index contributed by atoms with van der Waals surface area (Å²) in [5.74, 6) is 0.360. The number of hydrogen-bond donors (Lipinski definition) is 1. The summed E-state index contributed by atoms with van der Waals surface area (Å²) in [5.41, 5.74) is -0.156. The predicted octanol–water partition coefficient (Wildman–Crippen LogP) is 1.79. The van der Waals surface area contributed by atoms with Crippen molar-refractivity contribution < 1.29 is 9.53 Å². The van der Waals surface area contributed by atoms with E-state index < -0.39 is 0 Å². The first-order chi connectivity index (χ1) is 9.18. The molecule has 0 saturated carbocycles. The summed E-state index contributed by atoms with van der Waals surface area (Å²) in [7, 11) is 0. The summed E-state index contributed by atoms with van der Waals surface area (Å²) in [4.78, 5) is 15.0. The maximum Gasteiger partial charge on any atom is 0.230 e. The minimum atomic E-state index is -0.156. The van der Waals surface area contributed by atoms with Crippen molar-refractivity contribution in [3.8, 4) is 0 Å². The smallest absolute Gasteiger partial charge is 0.230 e. The van der Waals surface area contributed by atoms with Gasteiger partial charge < -0.3 is 15.0 Å². The number of rotatable bonds is 3. The van der Waals surface area contributed by atoms with Crippen LogP contribution >= 0.6 is 0 Å². The van der Waals surface area contributed by atoms with E-state index in [1.165, 1.54) is 0 Å². The average Bonchev–Trinajstić information content (AvgIpc) is 2.64. The van der Waals surface area contributed by atoms with E-state index in [4.69, 9.17) is 4.74 Å². The van der Waals surface area contributed by atoms with Crippen LogP contribution in [0, 0.1) is 5.41 Å². The third kappa shape index (κ3) is 3.48. The van der Waals surface area contributed by atoms with E-state index in [2.05, 4.69) is 24.1 Å². The zero-order chi connectivity index (χ0) is 13.7. The Labute approximate surface area is 116 Å². The van der Waals surface area contributed by atoms with Gasteiger partial charge in [-0.2, -0.15) is 0 Å². The second-order valence-corrected chi connectivity index (χ2v) is 6.10. The fraction of sp³-hybridized carbons (Fsp3) is 0.933. The van der Waals surface area contributed by atoms with Crippen molar-refractivity contribution in [2.75, 3.05) is 32.8 Å². The molecule has 2 rings (SSSR count). The molecule has 1 N–H and O–H groups in total. The van der Waals surface area contributed by atoms with Crippen molar-refractivity contribution in [1.29, 1.82) is 0 Å². The van der Waals surface area contributed by atoms with Gasteiger partial charge in [0.2, 0.25) is 5.91 Å². The topological polar surface area (TPSA) is 41.6 Å². The third-order valence-corrected chi connectivity index (χ3v) is 4.39. The molecule has 0 aromatic rings. The van der Waals surface area contributed by atoms with Crippen molar-refractivity contribution in [3.05, 3.63) is 0 Å². The molecule has 19 heavy (non-hydrogen) atoms. The molecule has 0 spiro atoms. The Bertz CT molecular complexity index is 295. The van der Waals surface area contributed by atoms with Gasteiger partial charge in [-0.15, -0.1) is 0 Å². The summed E-state index contributed by atoms with van der Waals surface area (Å²) in [6.45, 7) is 8.54. The van der Waals surface area contributed by atoms with Gasteiger partial charge in [0.05, 0.1) is 11.5 Å². The van der Waals surface area contributed by atoms with Gasteiger partial charge >= 0.3 is 0 Å². The van der Waals surface area contributed by atoms with E-state index in [-0.39, 0.29) is 11.5 Å². The monoisotopic (exact) mass is 268 g/mol. The average molecular weight is 268 g/mol. The van der Waals surface area contributed by atoms with Crippen LogP contribution in [0.3, 0.4) is 0 Å². The molecule has 2 unspecified atom stereocenters. The number of ether oxygens (including phenoxy) is 1. The Kier molecular flexibility index (Phi) is 5.22. The maximum absolute atomic E-state index is 13.0. The van der Waals surface area contributed by atoms with Gasteiger partial charge in [-0.25, -0.2) is 0 Å². The molecule has 4 nitrogen and oxygen atoms in total. The highest BCUT2D eigenvalue weighted by molar-refractivity contribution is 5.83. The van der Waals surface area contributed by atoms with Gasteiger partial charge in [0.1, 0.15) is 0 Å². The number of hydrogen-bond acceptors (Lipinski definition) is 3. The summed E-state index contributed by atoms with van der Waals surface area (Å²) in [5, 5.41) is 3.43. The molecule has 110 valence electrons. The first-order valence-corrected chi connectivity index (χ1v) is 7.80. The molecule has 1 amide bonds. The van der Waals surface area contributed by atoms with Crippen LogP contribution in [-0.2, 0) is 9.53 Å². The lowest BCUT2D eigenvalue weighted by molar-refractivity contribution is -0.144. The molecule has 0 aliphatic carbocycles. The summed E-state index contributed by atoms with van der Waals surface area (Å²) < 4.78 is 5.65. The lowest BCUT2D eigenvalue weighted by Crippen LogP contribution is -2.53. The Morgan fingerprint density at radius 1 is 1.47 bits per heavy atom.